The van der Waals surface area contributed by atoms with E-state index in [1.165, 1.54) is 127 Å². The molecular weight excluding hydrogens is 991 g/mol. The zero-order valence-corrected chi connectivity index (χ0v) is 46.3. The highest BCUT2D eigenvalue weighted by Gasteiger charge is 2.44. The minimum absolute atomic E-state index is 0.0384. The third-order valence-electron chi connectivity index (χ3n) is 16.5. The van der Waals surface area contributed by atoms with Crippen molar-refractivity contribution in [2.75, 3.05) is 9.91 Å². The van der Waals surface area contributed by atoms with Crippen molar-refractivity contribution in [3.63, 3.8) is 0 Å². The number of carboxylic acid groups (broad SMARTS) is 1. The van der Waals surface area contributed by atoms with Crippen LogP contribution in [-0.2, 0) is 20.4 Å². The van der Waals surface area contributed by atoms with E-state index < -0.39 is 11.9 Å². The van der Waals surface area contributed by atoms with Crippen molar-refractivity contribution in [3.8, 4) is 32.7 Å². The number of carboxylic acids is 1. The van der Waals surface area contributed by atoms with E-state index in [0.29, 0.717) is 5.69 Å². The Labute approximate surface area is 458 Å². The summed E-state index contributed by atoms with van der Waals surface area (Å²) in [5, 5.41) is 15.5. The predicted molar refractivity (Wildman–Crippen MR) is 323 cm³/mol. The summed E-state index contributed by atoms with van der Waals surface area (Å²) in [5.41, 5.74) is 16.4. The molecule has 1 amide bonds. The summed E-state index contributed by atoms with van der Waals surface area (Å²) in [5.74, 6) is -1.68. The van der Waals surface area contributed by atoms with Crippen LogP contribution in [0.1, 0.15) is 132 Å². The molecule has 0 saturated heterocycles. The summed E-state index contributed by atoms with van der Waals surface area (Å²) in [6.45, 7) is 9.32. The van der Waals surface area contributed by atoms with E-state index >= 15 is 0 Å². The number of fused-ring (bicyclic) bond motifs is 9. The fourth-order valence-corrected chi connectivity index (χ4v) is 16.8. The van der Waals surface area contributed by atoms with Crippen LogP contribution in [0.15, 0.2) is 162 Å². The smallest absolute Gasteiger partial charge is 0.357 e. The van der Waals surface area contributed by atoms with E-state index in [-0.39, 0.29) is 22.1 Å². The van der Waals surface area contributed by atoms with E-state index in [9.17, 15) is 14.7 Å². The molecule has 0 fully saturated rings. The van der Waals surface area contributed by atoms with Crippen molar-refractivity contribution in [1.29, 1.82) is 0 Å². The first-order valence-electron chi connectivity index (χ1n) is 27.5. The molecular formula is C67H63N3O3S3. The number of aliphatic carboxylic acids is 1. The van der Waals surface area contributed by atoms with Gasteiger partial charge in [0.2, 0.25) is 0 Å². The molecule has 0 bridgehead atoms. The second kappa shape index (κ2) is 20.6. The molecule has 0 saturated carbocycles. The minimum atomic E-state index is -1.23. The van der Waals surface area contributed by atoms with Crippen molar-refractivity contribution in [2.45, 2.75) is 116 Å². The number of carbonyl (C=O) groups excluding carboxylic acids is 1. The summed E-state index contributed by atoms with van der Waals surface area (Å²) in [6, 6.07) is 55.8. The van der Waals surface area contributed by atoms with Crippen molar-refractivity contribution in [3.05, 3.63) is 184 Å². The molecule has 3 aromatic heterocycles. The van der Waals surface area contributed by atoms with Gasteiger partial charge in [-0.05, 0) is 142 Å². The Bertz CT molecular complexity index is 3610. The van der Waals surface area contributed by atoms with Gasteiger partial charge in [0.15, 0.2) is 5.71 Å². The van der Waals surface area contributed by atoms with Gasteiger partial charge in [-0.25, -0.2) is 4.79 Å². The summed E-state index contributed by atoms with van der Waals surface area (Å²) < 4.78 is 4.68. The van der Waals surface area contributed by atoms with Crippen molar-refractivity contribution >= 4 is 99.2 Å². The number of rotatable bonds is 19. The standard InChI is InChI=1S/C67H63N3O3S3/c1-5-9-34-66(35-10-6-2)54-24-18-16-22-49(54)51-32-30-46(38-56(51)66)69(47-31-33-52-50-23-17-19-25-55(50)67(36-11-7-3,37-12-8-4)57(52)39-47)44-28-26-43(27-29-44)58-42-60-63(76-58)62-59(75-60)41-48(74-62)40-53-61(65(72)73)68-70(64(53)71)45-20-14-13-15-21-45/h13-33,38-42H,5-12,34-37H2,1-4H3,(H,72,73). The molecule has 1 N–H and O–H groups in total. The van der Waals surface area contributed by atoms with E-state index in [1.807, 2.05) is 6.07 Å². The molecule has 382 valence electrons. The van der Waals surface area contributed by atoms with Crippen LogP contribution in [0.25, 0.3) is 57.6 Å². The number of carbonyl (C=O) groups is 2. The maximum Gasteiger partial charge on any atom is 0.357 e. The number of para-hydroxylation sites is 1. The Morgan fingerprint density at radius 1 is 0.553 bits per heavy atom. The molecule has 12 rings (SSSR count). The largest absolute Gasteiger partial charge is 0.476 e. The third kappa shape index (κ3) is 8.37. The molecule has 6 aromatic carbocycles. The monoisotopic (exact) mass is 1050 g/mol. The first-order valence-corrected chi connectivity index (χ1v) is 29.9. The molecule has 76 heavy (non-hydrogen) atoms. The zero-order valence-electron chi connectivity index (χ0n) is 43.8. The number of nitrogens with zero attached hydrogens (tertiary/aromatic N) is 3. The van der Waals surface area contributed by atoms with Crippen LogP contribution < -0.4 is 9.91 Å². The summed E-state index contributed by atoms with van der Waals surface area (Å²) in [6.07, 6.45) is 15.7. The second-order valence-corrected chi connectivity index (χ2v) is 24.2. The molecule has 6 nitrogen and oxygen atoms in total. The average molecular weight is 1050 g/mol. The highest BCUT2D eigenvalue weighted by atomic mass is 32.1. The molecule has 0 radical (unpaired) electrons. The SMILES string of the molecule is CCCCC1(CCCC)c2ccccc2-c2ccc(N(c3ccc(-c4cc5sc6cc(C=C7C(=O)N(c8ccccc8)N=C7C(=O)O)sc6c5s4)cc3)c3ccc4c(c3)C(CCCC)(CCCC)c3ccccc3-4)cc21. The fourth-order valence-electron chi connectivity index (χ4n) is 12.8. The Hall–Kier alpha value is -6.91. The lowest BCUT2D eigenvalue weighted by Crippen LogP contribution is -2.26. The lowest BCUT2D eigenvalue weighted by Gasteiger charge is -2.35. The minimum Gasteiger partial charge on any atom is -0.476 e. The van der Waals surface area contributed by atoms with Gasteiger partial charge >= 0.3 is 5.97 Å². The van der Waals surface area contributed by atoms with Gasteiger partial charge in [-0.2, -0.15) is 10.1 Å². The van der Waals surface area contributed by atoms with Crippen LogP contribution in [-0.4, -0.2) is 22.7 Å². The van der Waals surface area contributed by atoms with Gasteiger partial charge in [-0.15, -0.1) is 34.0 Å². The Morgan fingerprint density at radius 2 is 1.04 bits per heavy atom. The normalized spacial score (nSPS) is 15.4. The number of hydrazone groups is 1. The molecule has 0 atom stereocenters. The van der Waals surface area contributed by atoms with Crippen molar-refractivity contribution in [1.82, 2.24) is 0 Å². The van der Waals surface area contributed by atoms with Crippen molar-refractivity contribution < 1.29 is 14.7 Å². The number of amides is 1. The molecule has 9 heteroatoms. The highest BCUT2D eigenvalue weighted by Crippen LogP contribution is 2.58. The van der Waals surface area contributed by atoms with E-state index in [4.69, 9.17) is 0 Å². The Morgan fingerprint density at radius 3 is 1.58 bits per heavy atom. The summed E-state index contributed by atoms with van der Waals surface area (Å²) in [4.78, 5) is 30.5. The maximum absolute atomic E-state index is 13.6. The second-order valence-electron chi connectivity index (χ2n) is 21.0. The molecule has 2 aliphatic carbocycles. The van der Waals surface area contributed by atoms with Gasteiger partial charge in [-0.3, -0.25) is 4.79 Å². The van der Waals surface area contributed by atoms with Gasteiger partial charge in [0.1, 0.15) is 0 Å². The molecule has 0 unspecified atom stereocenters. The van der Waals surface area contributed by atoms with Crippen LogP contribution in [0.2, 0.25) is 0 Å². The maximum atomic E-state index is 13.6. The lowest BCUT2D eigenvalue weighted by atomic mass is 9.70. The number of thiophene rings is 3. The molecule has 4 heterocycles. The number of hydrogen-bond acceptors (Lipinski definition) is 7. The lowest BCUT2D eigenvalue weighted by molar-refractivity contribution is -0.129. The average Bonchev–Trinajstić information content (AvgIpc) is 4.33. The van der Waals surface area contributed by atoms with Gasteiger partial charge in [0, 0.05) is 47.0 Å². The van der Waals surface area contributed by atoms with Gasteiger partial charge in [-0.1, -0.05) is 170 Å². The molecule has 3 aliphatic rings. The number of unbranched alkanes of at least 4 members (excludes halogenated alkanes) is 4. The van der Waals surface area contributed by atoms with Gasteiger partial charge in [0.05, 0.1) is 20.7 Å². The van der Waals surface area contributed by atoms with E-state index in [0.717, 1.165) is 51.2 Å². The van der Waals surface area contributed by atoms with Crippen LogP contribution in [0.4, 0.5) is 22.7 Å². The first-order chi connectivity index (χ1) is 37.2. The van der Waals surface area contributed by atoms with E-state index in [2.05, 4.69) is 159 Å². The fraction of sp³-hybridized carbons (Fsp3) is 0.269. The topological polar surface area (TPSA) is 73.2 Å². The predicted octanol–water partition coefficient (Wildman–Crippen LogP) is 19.5. The molecule has 9 aromatic rings. The number of hydrogen-bond donors (Lipinski definition) is 1. The third-order valence-corrected chi connectivity index (χ3v) is 20.2. The molecule has 0 spiro atoms. The van der Waals surface area contributed by atoms with Crippen LogP contribution >= 0.6 is 34.0 Å². The summed E-state index contributed by atoms with van der Waals surface area (Å²) in [7, 11) is 0. The number of anilines is 4. The van der Waals surface area contributed by atoms with Gasteiger partial charge in [0.25, 0.3) is 5.91 Å². The summed E-state index contributed by atoms with van der Waals surface area (Å²) >= 11 is 5.11. The molecule has 1 aliphatic heterocycles. The van der Waals surface area contributed by atoms with Crippen molar-refractivity contribution in [2.24, 2.45) is 5.10 Å². The van der Waals surface area contributed by atoms with Crippen LogP contribution in [0.5, 0.6) is 0 Å². The van der Waals surface area contributed by atoms with Crippen LogP contribution in [0.3, 0.4) is 0 Å². The Balaban J connectivity index is 0.948. The van der Waals surface area contributed by atoms with Crippen LogP contribution in [0, 0.1) is 0 Å². The quantitative estimate of drug-likeness (QED) is 0.0819. The zero-order chi connectivity index (χ0) is 52.1. The van der Waals surface area contributed by atoms with Gasteiger partial charge < -0.3 is 10.0 Å². The van der Waals surface area contributed by atoms with E-state index in [1.54, 1.807) is 64.4 Å². The highest BCUT2D eigenvalue weighted by molar-refractivity contribution is 7.39. The first kappa shape index (κ1) is 49.9. The number of benzene rings is 6. The Kier molecular flexibility index (Phi) is 13.5.